The van der Waals surface area contributed by atoms with E-state index < -0.39 is 15.8 Å². The second-order valence-corrected chi connectivity index (χ2v) is 10.5. The maximum atomic E-state index is 13.3. The monoisotopic (exact) mass is 527 g/mol. The summed E-state index contributed by atoms with van der Waals surface area (Å²) in [7, 11) is -1.40. The first-order chi connectivity index (χ1) is 17.5. The molecule has 0 saturated carbocycles. The molecule has 10 nitrogen and oxygen atoms in total. The van der Waals surface area contributed by atoms with E-state index in [2.05, 4.69) is 25.0 Å². The Labute approximate surface area is 212 Å². The number of anilines is 2. The van der Waals surface area contributed by atoms with Crippen LogP contribution in [0.25, 0.3) is 10.9 Å². The Morgan fingerprint density at radius 2 is 2.03 bits per heavy atom. The van der Waals surface area contributed by atoms with E-state index in [0.717, 1.165) is 10.9 Å². The normalized spacial score (nSPS) is 12.4. The molecule has 4 rings (SSSR count). The summed E-state index contributed by atoms with van der Waals surface area (Å²) < 4.78 is 32.3. The number of aromatic nitrogens is 3. The molecule has 188 valence electrons. The van der Waals surface area contributed by atoms with E-state index in [1.54, 1.807) is 57.5 Å². The van der Waals surface area contributed by atoms with Gasteiger partial charge in [-0.2, -0.15) is 0 Å². The van der Waals surface area contributed by atoms with Crippen molar-refractivity contribution in [3.63, 3.8) is 0 Å². The van der Waals surface area contributed by atoms with Crippen molar-refractivity contribution in [1.82, 2.24) is 19.7 Å². The van der Waals surface area contributed by atoms with Crippen molar-refractivity contribution in [1.29, 1.82) is 0 Å². The van der Waals surface area contributed by atoms with Gasteiger partial charge in [0.1, 0.15) is 18.8 Å². The SMILES string of the molecule is CC=S(=O)(NC(=O)OCC)c1cccc(COc2cc3ncnc(Nc4nccs4)c3cc2OC)c1. The van der Waals surface area contributed by atoms with Crippen molar-refractivity contribution >= 4 is 54.4 Å². The van der Waals surface area contributed by atoms with Crippen molar-refractivity contribution in [2.45, 2.75) is 25.3 Å². The molecule has 0 spiro atoms. The fraction of sp³-hybridized carbons (Fsp3) is 0.208. The molecule has 36 heavy (non-hydrogen) atoms. The molecular weight excluding hydrogens is 502 g/mol. The van der Waals surface area contributed by atoms with Crippen LogP contribution < -0.4 is 19.5 Å². The van der Waals surface area contributed by atoms with Gasteiger partial charge in [0.2, 0.25) is 0 Å². The van der Waals surface area contributed by atoms with Crippen molar-refractivity contribution < 1.29 is 23.2 Å². The minimum absolute atomic E-state index is 0.170. The van der Waals surface area contributed by atoms with Crippen LogP contribution in [0.4, 0.5) is 15.7 Å². The van der Waals surface area contributed by atoms with E-state index in [4.69, 9.17) is 14.2 Å². The molecule has 2 aromatic heterocycles. The quantitative estimate of drug-likeness (QED) is 0.302. The Hall–Kier alpha value is -3.90. The molecule has 0 saturated heterocycles. The Morgan fingerprint density at radius 3 is 2.75 bits per heavy atom. The number of nitrogens with one attached hydrogen (secondary N) is 2. The predicted octanol–water partition coefficient (Wildman–Crippen LogP) is 4.54. The number of fused-ring (bicyclic) bond motifs is 1. The summed E-state index contributed by atoms with van der Waals surface area (Å²) in [5, 5.41) is 7.98. The van der Waals surface area contributed by atoms with Gasteiger partial charge in [0.25, 0.3) is 0 Å². The van der Waals surface area contributed by atoms with Crippen LogP contribution in [0.15, 0.2) is 59.2 Å². The molecule has 2 heterocycles. The van der Waals surface area contributed by atoms with Crippen LogP contribution in [0.1, 0.15) is 19.4 Å². The van der Waals surface area contributed by atoms with E-state index in [0.29, 0.717) is 32.9 Å². The third-order valence-corrected chi connectivity index (χ3v) is 7.84. The fourth-order valence-corrected chi connectivity index (χ4v) is 5.30. The second-order valence-electron chi connectivity index (χ2n) is 7.30. The summed E-state index contributed by atoms with van der Waals surface area (Å²) in [6.45, 7) is 3.65. The highest BCUT2D eigenvalue weighted by Crippen LogP contribution is 2.35. The number of rotatable bonds is 9. The molecular formula is C24H25N5O5S2. The van der Waals surface area contributed by atoms with Gasteiger partial charge in [-0.05, 0) is 43.0 Å². The Morgan fingerprint density at radius 1 is 1.17 bits per heavy atom. The number of carbonyl (C=O) groups excluding carboxylic acids is 1. The van der Waals surface area contributed by atoms with E-state index >= 15 is 0 Å². The highest BCUT2D eigenvalue weighted by atomic mass is 32.2. The first-order valence-corrected chi connectivity index (χ1v) is 13.4. The van der Waals surface area contributed by atoms with Crippen LogP contribution >= 0.6 is 11.3 Å². The maximum absolute atomic E-state index is 13.3. The molecule has 0 fully saturated rings. The van der Waals surface area contributed by atoms with E-state index in [1.807, 2.05) is 11.4 Å². The lowest BCUT2D eigenvalue weighted by Crippen LogP contribution is -2.32. The molecule has 2 N–H and O–H groups in total. The lowest BCUT2D eigenvalue weighted by atomic mass is 10.2. The minimum atomic E-state index is -2.96. The molecule has 2 aromatic carbocycles. The van der Waals surface area contributed by atoms with Gasteiger partial charge in [-0.3, -0.25) is 0 Å². The number of nitrogens with zero attached hydrogens (tertiary/aromatic N) is 3. The van der Waals surface area contributed by atoms with E-state index in [1.165, 1.54) is 23.0 Å². The van der Waals surface area contributed by atoms with E-state index in [9.17, 15) is 9.00 Å². The zero-order valence-electron chi connectivity index (χ0n) is 19.9. The Balaban J connectivity index is 1.57. The summed E-state index contributed by atoms with van der Waals surface area (Å²) in [6, 6.07) is 10.6. The first-order valence-electron chi connectivity index (χ1n) is 10.9. The number of amides is 1. The van der Waals surface area contributed by atoms with Gasteiger partial charge in [-0.25, -0.2) is 28.7 Å². The van der Waals surface area contributed by atoms with Gasteiger partial charge in [-0.15, -0.1) is 11.3 Å². The molecule has 0 radical (unpaired) electrons. The van der Waals surface area contributed by atoms with Gasteiger partial charge in [-0.1, -0.05) is 12.1 Å². The van der Waals surface area contributed by atoms with Crippen LogP contribution in [0, 0.1) is 0 Å². The van der Waals surface area contributed by atoms with Gasteiger partial charge >= 0.3 is 6.09 Å². The molecule has 0 aliphatic carbocycles. The van der Waals surface area contributed by atoms with Crippen molar-refractivity contribution in [3.05, 3.63) is 59.9 Å². The average molecular weight is 528 g/mol. The number of ether oxygens (including phenoxy) is 3. The highest BCUT2D eigenvalue weighted by molar-refractivity contribution is 8.00. The number of hydrogen-bond donors (Lipinski definition) is 2. The van der Waals surface area contributed by atoms with Crippen LogP contribution in [0.5, 0.6) is 11.5 Å². The Bertz CT molecular complexity index is 1480. The smallest absolute Gasteiger partial charge is 0.418 e. The zero-order chi connectivity index (χ0) is 25.5. The average Bonchev–Trinajstić information content (AvgIpc) is 3.40. The van der Waals surface area contributed by atoms with Crippen molar-refractivity contribution in [2.24, 2.45) is 0 Å². The van der Waals surface area contributed by atoms with Gasteiger partial charge in [0.05, 0.1) is 33.8 Å². The number of hydrogen-bond acceptors (Lipinski definition) is 10. The molecule has 1 atom stereocenters. The zero-order valence-corrected chi connectivity index (χ0v) is 21.5. The van der Waals surface area contributed by atoms with E-state index in [-0.39, 0.29) is 13.2 Å². The third-order valence-electron chi connectivity index (χ3n) is 5.06. The lowest BCUT2D eigenvalue weighted by molar-refractivity contribution is 0.159. The number of methoxy groups -OCH3 is 1. The molecule has 0 aliphatic heterocycles. The maximum Gasteiger partial charge on any atom is 0.418 e. The van der Waals surface area contributed by atoms with Crippen LogP contribution in [-0.4, -0.2) is 44.3 Å². The summed E-state index contributed by atoms with van der Waals surface area (Å²) in [4.78, 5) is 25.3. The number of benzene rings is 2. The second kappa shape index (κ2) is 11.2. The predicted molar refractivity (Wildman–Crippen MR) is 141 cm³/mol. The van der Waals surface area contributed by atoms with Crippen molar-refractivity contribution in [2.75, 3.05) is 19.0 Å². The number of carbonyl (C=O) groups is 1. The molecule has 0 bridgehead atoms. The van der Waals surface area contributed by atoms with Gasteiger partial charge < -0.3 is 19.5 Å². The number of thiazole rings is 1. The minimum Gasteiger partial charge on any atom is -0.493 e. The topological polar surface area (TPSA) is 125 Å². The summed E-state index contributed by atoms with van der Waals surface area (Å²) in [5.74, 6) is 1.60. The van der Waals surface area contributed by atoms with Crippen LogP contribution in [-0.2, 0) is 21.1 Å². The fourth-order valence-electron chi connectivity index (χ4n) is 3.35. The third kappa shape index (κ3) is 5.66. The molecule has 4 aromatic rings. The molecule has 0 aliphatic rings. The largest absolute Gasteiger partial charge is 0.493 e. The molecule has 1 unspecified atom stereocenters. The summed E-state index contributed by atoms with van der Waals surface area (Å²) in [5.41, 5.74) is 1.42. The lowest BCUT2D eigenvalue weighted by Gasteiger charge is -2.15. The Kier molecular flexibility index (Phi) is 7.86. The van der Waals surface area contributed by atoms with Crippen molar-refractivity contribution in [3.8, 4) is 11.5 Å². The standard InChI is InChI=1S/C24H25N5O5S2/c1-4-33-24(30)29-36(31,5-2)17-8-6-7-16(11-17)14-34-21-13-19-18(12-20(21)32-3)22(27-15-26-19)28-23-25-9-10-35-23/h5-13,15H,4,14H2,1-3H3,(H,29,30,31)(H,25,26,27,28). The van der Waals surface area contributed by atoms with Crippen LogP contribution in [0.2, 0.25) is 0 Å². The highest BCUT2D eigenvalue weighted by Gasteiger charge is 2.16. The van der Waals surface area contributed by atoms with Gasteiger partial charge in [0.15, 0.2) is 16.6 Å². The first kappa shape index (κ1) is 25.2. The summed E-state index contributed by atoms with van der Waals surface area (Å²) in [6.07, 6.45) is 2.43. The molecule has 1 amide bonds. The van der Waals surface area contributed by atoms with Crippen LogP contribution in [0.3, 0.4) is 0 Å². The summed E-state index contributed by atoms with van der Waals surface area (Å²) >= 11 is 1.46. The molecule has 12 heteroatoms. The van der Waals surface area contributed by atoms with Gasteiger partial charge in [0, 0.05) is 23.0 Å².